The van der Waals surface area contributed by atoms with E-state index in [0.717, 1.165) is 0 Å². The molecule has 20 heavy (non-hydrogen) atoms. The number of rotatable bonds is 7. The van der Waals surface area contributed by atoms with E-state index < -0.39 is 10.0 Å². The number of anilines is 1. The van der Waals surface area contributed by atoms with Crippen molar-refractivity contribution in [1.29, 1.82) is 0 Å². The quantitative estimate of drug-likeness (QED) is 0.760. The van der Waals surface area contributed by atoms with Gasteiger partial charge in [-0.25, -0.2) is 13.1 Å². The molecule has 0 fully saturated rings. The number of ether oxygens (including phenoxy) is 1. The molecule has 0 aliphatic rings. The highest BCUT2D eigenvalue weighted by Gasteiger charge is 2.19. The van der Waals surface area contributed by atoms with Crippen LogP contribution in [0.3, 0.4) is 0 Å². The third-order valence-corrected chi connectivity index (χ3v) is 4.37. The van der Waals surface area contributed by atoms with Crippen LogP contribution in [0.15, 0.2) is 29.2 Å². The normalized spacial score (nSPS) is 11.2. The van der Waals surface area contributed by atoms with Gasteiger partial charge in [-0.05, 0) is 12.1 Å². The van der Waals surface area contributed by atoms with Crippen LogP contribution < -0.4 is 9.62 Å². The number of sulfonamides is 1. The molecule has 0 aliphatic carbocycles. The highest BCUT2D eigenvalue weighted by atomic mass is 32.2. The lowest BCUT2D eigenvalue weighted by Crippen LogP contribution is -2.28. The molecule has 1 N–H and O–H groups in total. The maximum Gasteiger partial charge on any atom is 0.307 e. The lowest BCUT2D eigenvalue weighted by molar-refractivity contribution is -0.140. The lowest BCUT2D eigenvalue weighted by atomic mass is 10.3. The van der Waals surface area contributed by atoms with Crippen molar-refractivity contribution in [3.63, 3.8) is 0 Å². The van der Waals surface area contributed by atoms with Gasteiger partial charge < -0.3 is 9.64 Å². The summed E-state index contributed by atoms with van der Waals surface area (Å²) >= 11 is 0. The fraction of sp³-hybridized carbons (Fsp3) is 0.462. The van der Waals surface area contributed by atoms with E-state index in [1.54, 1.807) is 43.1 Å². The SMILES string of the molecule is CCNS(=O)(=O)c1ccccc1N(C)CCC(=O)OC. The van der Waals surface area contributed by atoms with Gasteiger partial charge in [0.05, 0.1) is 19.2 Å². The molecule has 7 heteroatoms. The van der Waals surface area contributed by atoms with Crippen LogP contribution in [0.25, 0.3) is 0 Å². The first-order valence-electron chi connectivity index (χ1n) is 6.29. The van der Waals surface area contributed by atoms with Crippen LogP contribution in [0.1, 0.15) is 13.3 Å². The van der Waals surface area contributed by atoms with Gasteiger partial charge in [0.25, 0.3) is 0 Å². The molecule has 0 aliphatic heterocycles. The monoisotopic (exact) mass is 300 g/mol. The van der Waals surface area contributed by atoms with Gasteiger partial charge in [-0.15, -0.1) is 0 Å². The fourth-order valence-electron chi connectivity index (χ4n) is 1.75. The van der Waals surface area contributed by atoms with Gasteiger partial charge in [0.15, 0.2) is 0 Å². The van der Waals surface area contributed by atoms with Crippen molar-refractivity contribution in [3.05, 3.63) is 24.3 Å². The van der Waals surface area contributed by atoms with Crippen molar-refractivity contribution in [1.82, 2.24) is 4.72 Å². The Hall–Kier alpha value is -1.60. The molecular weight excluding hydrogens is 280 g/mol. The molecule has 0 saturated carbocycles. The smallest absolute Gasteiger partial charge is 0.307 e. The lowest BCUT2D eigenvalue weighted by Gasteiger charge is -2.21. The van der Waals surface area contributed by atoms with Gasteiger partial charge in [-0.3, -0.25) is 4.79 Å². The second kappa shape index (κ2) is 7.25. The Morgan fingerprint density at radius 2 is 2.00 bits per heavy atom. The van der Waals surface area contributed by atoms with Crippen molar-refractivity contribution in [3.8, 4) is 0 Å². The van der Waals surface area contributed by atoms with E-state index in [1.807, 2.05) is 0 Å². The zero-order valence-corrected chi connectivity index (χ0v) is 12.7. The second-order valence-corrected chi connectivity index (χ2v) is 5.95. The maximum atomic E-state index is 12.1. The fourth-order valence-corrected chi connectivity index (χ4v) is 3.04. The number of hydrogen-bond acceptors (Lipinski definition) is 5. The molecule has 0 heterocycles. The molecule has 1 rings (SSSR count). The van der Waals surface area contributed by atoms with Gasteiger partial charge in [-0.1, -0.05) is 19.1 Å². The third-order valence-electron chi connectivity index (χ3n) is 2.78. The van der Waals surface area contributed by atoms with E-state index in [9.17, 15) is 13.2 Å². The molecule has 0 bridgehead atoms. The van der Waals surface area contributed by atoms with Gasteiger partial charge in [0.2, 0.25) is 10.0 Å². The highest BCUT2D eigenvalue weighted by Crippen LogP contribution is 2.23. The summed E-state index contributed by atoms with van der Waals surface area (Å²) in [5.41, 5.74) is 0.553. The average Bonchev–Trinajstić information content (AvgIpc) is 2.44. The predicted octanol–water partition coefficient (Wildman–Crippen LogP) is 0.984. The maximum absolute atomic E-state index is 12.1. The summed E-state index contributed by atoms with van der Waals surface area (Å²) in [7, 11) is -0.473. The van der Waals surface area contributed by atoms with Crippen LogP contribution in [-0.4, -0.2) is 41.6 Å². The van der Waals surface area contributed by atoms with E-state index >= 15 is 0 Å². The van der Waals surface area contributed by atoms with E-state index in [1.165, 1.54) is 7.11 Å². The summed E-state index contributed by atoms with van der Waals surface area (Å²) in [4.78, 5) is 13.1. The summed E-state index contributed by atoms with van der Waals surface area (Å²) < 4.78 is 31.3. The highest BCUT2D eigenvalue weighted by molar-refractivity contribution is 7.89. The number of nitrogens with one attached hydrogen (secondary N) is 1. The largest absolute Gasteiger partial charge is 0.469 e. The standard InChI is InChI=1S/C13H20N2O4S/c1-4-14-20(17,18)12-8-6-5-7-11(12)15(2)10-9-13(16)19-3/h5-8,14H,4,9-10H2,1-3H3. The van der Waals surface area contributed by atoms with E-state index in [2.05, 4.69) is 9.46 Å². The molecule has 112 valence electrons. The van der Waals surface area contributed by atoms with Crippen LogP contribution >= 0.6 is 0 Å². The molecule has 1 aromatic rings. The first kappa shape index (κ1) is 16.5. The van der Waals surface area contributed by atoms with Crippen molar-refractivity contribution >= 4 is 21.7 Å². The number of methoxy groups -OCH3 is 1. The summed E-state index contributed by atoms with van der Waals surface area (Å²) in [6.45, 7) is 2.43. The summed E-state index contributed by atoms with van der Waals surface area (Å²) in [5.74, 6) is -0.330. The molecule has 0 aromatic heterocycles. The Labute approximate surface area is 119 Å². The number of benzene rings is 1. The van der Waals surface area contributed by atoms with Gasteiger partial charge in [0, 0.05) is 20.1 Å². The minimum absolute atomic E-state index is 0.197. The molecule has 0 radical (unpaired) electrons. The predicted molar refractivity (Wildman–Crippen MR) is 77.2 cm³/mol. The van der Waals surface area contributed by atoms with Crippen LogP contribution in [-0.2, 0) is 19.6 Å². The number of carbonyl (C=O) groups is 1. The van der Waals surface area contributed by atoms with Crippen molar-refractivity contribution in [2.45, 2.75) is 18.2 Å². The van der Waals surface area contributed by atoms with Gasteiger partial charge >= 0.3 is 5.97 Å². The number of hydrogen-bond donors (Lipinski definition) is 1. The minimum Gasteiger partial charge on any atom is -0.469 e. The number of para-hydroxylation sites is 1. The van der Waals surface area contributed by atoms with Crippen LogP contribution in [0, 0.1) is 0 Å². The van der Waals surface area contributed by atoms with Crippen molar-refractivity contribution in [2.75, 3.05) is 32.1 Å². The van der Waals surface area contributed by atoms with Crippen molar-refractivity contribution in [2.24, 2.45) is 0 Å². The van der Waals surface area contributed by atoms with E-state index in [0.29, 0.717) is 18.8 Å². The molecular formula is C13H20N2O4S. The zero-order valence-electron chi connectivity index (χ0n) is 11.9. The van der Waals surface area contributed by atoms with E-state index in [4.69, 9.17) is 0 Å². The number of esters is 1. The minimum atomic E-state index is -3.54. The molecule has 6 nitrogen and oxygen atoms in total. The Balaban J connectivity index is 2.98. The van der Waals surface area contributed by atoms with Gasteiger partial charge in [-0.2, -0.15) is 0 Å². The summed E-state index contributed by atoms with van der Waals surface area (Å²) in [5, 5.41) is 0. The van der Waals surface area contributed by atoms with Crippen LogP contribution in [0.4, 0.5) is 5.69 Å². The summed E-state index contributed by atoms with van der Waals surface area (Å²) in [6, 6.07) is 6.68. The average molecular weight is 300 g/mol. The van der Waals surface area contributed by atoms with Crippen molar-refractivity contribution < 1.29 is 17.9 Å². The molecule has 0 saturated heterocycles. The van der Waals surface area contributed by atoms with E-state index in [-0.39, 0.29) is 17.3 Å². The Morgan fingerprint density at radius 1 is 1.35 bits per heavy atom. The molecule has 0 unspecified atom stereocenters. The number of nitrogens with zero attached hydrogens (tertiary/aromatic N) is 1. The Morgan fingerprint density at radius 3 is 2.60 bits per heavy atom. The van der Waals surface area contributed by atoms with Crippen LogP contribution in [0.2, 0.25) is 0 Å². The Kier molecular flexibility index (Phi) is 5.97. The zero-order chi connectivity index (χ0) is 15.2. The molecule has 0 amide bonds. The topological polar surface area (TPSA) is 75.7 Å². The Bertz CT molecular complexity index is 557. The molecule has 0 atom stereocenters. The summed E-state index contributed by atoms with van der Waals surface area (Å²) in [6.07, 6.45) is 0.197. The van der Waals surface area contributed by atoms with Gasteiger partial charge in [0.1, 0.15) is 4.90 Å². The molecule has 0 spiro atoms. The third kappa shape index (κ3) is 4.21. The van der Waals surface area contributed by atoms with Crippen LogP contribution in [0.5, 0.6) is 0 Å². The number of carbonyl (C=O) groups excluding carboxylic acids is 1. The first-order chi connectivity index (χ1) is 9.42. The second-order valence-electron chi connectivity index (χ2n) is 4.22. The molecule has 1 aromatic carbocycles. The first-order valence-corrected chi connectivity index (χ1v) is 7.77.